The minimum atomic E-state index is -0.990. The van der Waals surface area contributed by atoms with E-state index < -0.39 is 29.5 Å². The molecule has 2 atom stereocenters. The Morgan fingerprint density at radius 1 is 1.14 bits per heavy atom. The van der Waals surface area contributed by atoms with Crippen molar-refractivity contribution in [3.63, 3.8) is 0 Å². The number of carboxylic acid groups (broad SMARTS) is 1. The zero-order valence-corrected chi connectivity index (χ0v) is 12.0. The molecular weight excluding hydrogens is 273 g/mol. The Morgan fingerprint density at radius 2 is 1.71 bits per heavy atom. The number of hydrogen-bond acceptors (Lipinski definition) is 2. The molecule has 1 aliphatic carbocycles. The predicted molar refractivity (Wildman–Crippen MR) is 77.3 cm³/mol. The number of allylic oxidation sites excluding steroid dienone is 2. The molecular formula is C16H18FNO3. The van der Waals surface area contributed by atoms with E-state index in [1.165, 1.54) is 18.2 Å². The Bertz CT molecular complexity index is 609. The lowest BCUT2D eigenvalue weighted by molar-refractivity contribution is -0.146. The second-order valence-electron chi connectivity index (χ2n) is 5.49. The summed E-state index contributed by atoms with van der Waals surface area (Å²) in [5.41, 5.74) is 2.12. The van der Waals surface area contributed by atoms with E-state index in [1.807, 2.05) is 13.8 Å². The number of benzene rings is 1. The van der Waals surface area contributed by atoms with Crippen molar-refractivity contribution < 1.29 is 19.1 Å². The first-order chi connectivity index (χ1) is 9.90. The van der Waals surface area contributed by atoms with E-state index in [4.69, 9.17) is 0 Å². The Kier molecular flexibility index (Phi) is 4.40. The molecule has 0 aromatic heterocycles. The third-order valence-electron chi connectivity index (χ3n) is 4.05. The van der Waals surface area contributed by atoms with Gasteiger partial charge in [-0.05, 0) is 38.8 Å². The van der Waals surface area contributed by atoms with Crippen LogP contribution >= 0.6 is 0 Å². The summed E-state index contributed by atoms with van der Waals surface area (Å²) in [5.74, 6) is -3.40. The number of nitrogens with one attached hydrogen (secondary N) is 1. The first-order valence-electron chi connectivity index (χ1n) is 6.83. The molecule has 1 aliphatic rings. The molecule has 0 saturated heterocycles. The molecule has 0 bridgehead atoms. The topological polar surface area (TPSA) is 66.4 Å². The summed E-state index contributed by atoms with van der Waals surface area (Å²) in [4.78, 5) is 23.7. The van der Waals surface area contributed by atoms with Crippen LogP contribution in [0.3, 0.4) is 0 Å². The van der Waals surface area contributed by atoms with Crippen molar-refractivity contribution in [3.8, 4) is 0 Å². The second-order valence-corrected chi connectivity index (χ2v) is 5.49. The number of amides is 1. The van der Waals surface area contributed by atoms with Crippen LogP contribution in [0.5, 0.6) is 0 Å². The van der Waals surface area contributed by atoms with Crippen LogP contribution in [-0.2, 0) is 9.59 Å². The molecule has 2 N–H and O–H groups in total. The van der Waals surface area contributed by atoms with Crippen molar-refractivity contribution in [3.05, 3.63) is 41.2 Å². The molecule has 0 unspecified atom stereocenters. The van der Waals surface area contributed by atoms with Gasteiger partial charge in [0.1, 0.15) is 5.82 Å². The van der Waals surface area contributed by atoms with E-state index in [2.05, 4.69) is 5.32 Å². The van der Waals surface area contributed by atoms with Crippen LogP contribution in [-0.4, -0.2) is 17.0 Å². The number of para-hydroxylation sites is 1. The molecule has 0 aliphatic heterocycles. The molecule has 4 nitrogen and oxygen atoms in total. The minimum Gasteiger partial charge on any atom is -0.481 e. The van der Waals surface area contributed by atoms with Gasteiger partial charge >= 0.3 is 5.97 Å². The molecule has 0 heterocycles. The Labute approximate surface area is 122 Å². The number of rotatable bonds is 3. The summed E-state index contributed by atoms with van der Waals surface area (Å²) in [6.45, 7) is 3.78. The van der Waals surface area contributed by atoms with Crippen molar-refractivity contribution in [2.24, 2.45) is 11.8 Å². The average molecular weight is 291 g/mol. The van der Waals surface area contributed by atoms with Crippen LogP contribution in [0.25, 0.3) is 0 Å². The maximum atomic E-state index is 13.6. The molecule has 0 radical (unpaired) electrons. The highest BCUT2D eigenvalue weighted by Crippen LogP contribution is 2.35. The summed E-state index contributed by atoms with van der Waals surface area (Å²) >= 11 is 0. The van der Waals surface area contributed by atoms with Gasteiger partial charge in [0.25, 0.3) is 0 Å². The fourth-order valence-corrected chi connectivity index (χ4v) is 2.62. The zero-order chi connectivity index (χ0) is 15.6. The number of halogens is 1. The summed E-state index contributed by atoms with van der Waals surface area (Å²) < 4.78 is 13.6. The van der Waals surface area contributed by atoms with E-state index in [-0.39, 0.29) is 5.69 Å². The van der Waals surface area contributed by atoms with E-state index in [1.54, 1.807) is 6.07 Å². The van der Waals surface area contributed by atoms with Gasteiger partial charge in [-0.1, -0.05) is 23.3 Å². The number of anilines is 1. The van der Waals surface area contributed by atoms with E-state index in [9.17, 15) is 19.1 Å². The van der Waals surface area contributed by atoms with Gasteiger partial charge in [-0.25, -0.2) is 4.39 Å². The van der Waals surface area contributed by atoms with Crippen LogP contribution in [0.4, 0.5) is 10.1 Å². The van der Waals surface area contributed by atoms with Gasteiger partial charge in [-0.3, -0.25) is 9.59 Å². The Morgan fingerprint density at radius 3 is 2.29 bits per heavy atom. The van der Waals surface area contributed by atoms with Crippen molar-refractivity contribution in [1.82, 2.24) is 0 Å². The van der Waals surface area contributed by atoms with Crippen LogP contribution in [0.1, 0.15) is 26.7 Å². The van der Waals surface area contributed by atoms with Gasteiger partial charge in [0.15, 0.2) is 0 Å². The summed E-state index contributed by atoms with van der Waals surface area (Å²) in [6, 6.07) is 5.85. The van der Waals surface area contributed by atoms with E-state index in [0.717, 1.165) is 11.1 Å². The highest BCUT2D eigenvalue weighted by Gasteiger charge is 2.37. The van der Waals surface area contributed by atoms with Crippen molar-refractivity contribution in [1.29, 1.82) is 0 Å². The van der Waals surface area contributed by atoms with Gasteiger partial charge in [0.05, 0.1) is 17.5 Å². The van der Waals surface area contributed by atoms with Gasteiger partial charge < -0.3 is 10.4 Å². The van der Waals surface area contributed by atoms with Gasteiger partial charge in [0.2, 0.25) is 5.91 Å². The Hall–Kier alpha value is -2.17. The van der Waals surface area contributed by atoms with Gasteiger partial charge in [-0.2, -0.15) is 0 Å². The third kappa shape index (κ3) is 3.29. The van der Waals surface area contributed by atoms with Crippen LogP contribution in [0.2, 0.25) is 0 Å². The van der Waals surface area contributed by atoms with E-state index >= 15 is 0 Å². The predicted octanol–water partition coefficient (Wildman–Crippen LogP) is 3.21. The lowest BCUT2D eigenvalue weighted by Crippen LogP contribution is -2.36. The fourth-order valence-electron chi connectivity index (χ4n) is 2.62. The fraction of sp³-hybridized carbons (Fsp3) is 0.375. The van der Waals surface area contributed by atoms with Gasteiger partial charge in [0, 0.05) is 0 Å². The van der Waals surface area contributed by atoms with Crippen molar-refractivity contribution in [2.75, 3.05) is 5.32 Å². The number of aliphatic carboxylic acids is 1. The highest BCUT2D eigenvalue weighted by molar-refractivity contribution is 5.95. The van der Waals surface area contributed by atoms with Crippen LogP contribution in [0.15, 0.2) is 35.4 Å². The molecule has 0 saturated carbocycles. The molecule has 1 aromatic rings. The molecule has 1 amide bonds. The summed E-state index contributed by atoms with van der Waals surface area (Å²) in [7, 11) is 0. The standard InChI is InChI=1S/C16H18FNO3/c1-9-7-11(12(16(20)21)8-10(9)2)15(19)18-14-6-4-3-5-13(14)17/h3-6,11-12H,7-8H2,1-2H3,(H,18,19)(H,20,21)/t11-,12-/m1/s1. The van der Waals surface area contributed by atoms with Crippen molar-refractivity contribution in [2.45, 2.75) is 26.7 Å². The number of carboxylic acids is 1. The first kappa shape index (κ1) is 15.2. The van der Waals surface area contributed by atoms with Crippen LogP contribution < -0.4 is 5.32 Å². The van der Waals surface area contributed by atoms with E-state index in [0.29, 0.717) is 12.8 Å². The number of carbonyl (C=O) groups excluding carboxylic acids is 1. The lowest BCUT2D eigenvalue weighted by Gasteiger charge is -2.29. The average Bonchev–Trinajstić information content (AvgIpc) is 2.43. The molecule has 2 rings (SSSR count). The lowest BCUT2D eigenvalue weighted by atomic mass is 9.76. The summed E-state index contributed by atoms with van der Waals surface area (Å²) in [5, 5.41) is 11.8. The maximum Gasteiger partial charge on any atom is 0.307 e. The number of hydrogen-bond donors (Lipinski definition) is 2. The van der Waals surface area contributed by atoms with Crippen molar-refractivity contribution >= 4 is 17.6 Å². The molecule has 112 valence electrons. The summed E-state index contributed by atoms with van der Waals surface area (Å²) in [6.07, 6.45) is 0.750. The van der Waals surface area contributed by atoms with Gasteiger partial charge in [-0.15, -0.1) is 0 Å². The largest absolute Gasteiger partial charge is 0.481 e. The third-order valence-corrected chi connectivity index (χ3v) is 4.05. The highest BCUT2D eigenvalue weighted by atomic mass is 19.1. The second kappa shape index (κ2) is 6.08. The monoisotopic (exact) mass is 291 g/mol. The normalized spacial score (nSPS) is 22.0. The molecule has 1 aromatic carbocycles. The molecule has 5 heteroatoms. The smallest absolute Gasteiger partial charge is 0.307 e. The zero-order valence-electron chi connectivity index (χ0n) is 12.0. The SMILES string of the molecule is CC1=C(C)C[C@@H](C(=O)Nc2ccccc2F)[C@H](C(=O)O)C1. The molecule has 0 fully saturated rings. The molecule has 0 spiro atoms. The van der Waals surface area contributed by atoms with Crippen LogP contribution in [0, 0.1) is 17.7 Å². The minimum absolute atomic E-state index is 0.0792. The maximum absolute atomic E-state index is 13.6. The Balaban J connectivity index is 2.21. The first-order valence-corrected chi connectivity index (χ1v) is 6.83. The quantitative estimate of drug-likeness (QED) is 0.840. The number of carbonyl (C=O) groups is 2. The molecule has 21 heavy (non-hydrogen) atoms.